The molecule has 0 aromatic rings. The highest BCUT2D eigenvalue weighted by molar-refractivity contribution is 8.17. The molecule has 4 heteroatoms. The number of amidine groups is 1. The lowest BCUT2D eigenvalue weighted by molar-refractivity contribution is 0.476. The summed E-state index contributed by atoms with van der Waals surface area (Å²) in [4.78, 5) is 1.97. The first kappa shape index (κ1) is 7.47. The van der Waals surface area contributed by atoms with Gasteiger partial charge in [0.1, 0.15) is 0 Å². The van der Waals surface area contributed by atoms with Gasteiger partial charge in [0.25, 0.3) is 0 Å². The van der Waals surface area contributed by atoms with Crippen LogP contribution in [0.15, 0.2) is 16.7 Å². The van der Waals surface area contributed by atoms with Crippen LogP contribution in [0.5, 0.6) is 0 Å². The molecule has 0 saturated carbocycles. The Morgan fingerprint density at radius 3 is 2.40 bits per heavy atom. The monoisotopic (exact) mass is 157 g/mol. The maximum Gasteiger partial charge on any atom is 0.189 e. The zero-order valence-corrected chi connectivity index (χ0v) is 7.27. The second-order valence-electron chi connectivity index (χ2n) is 2.30. The molecule has 0 amide bonds. The number of hydrogen-bond acceptors (Lipinski definition) is 4. The van der Waals surface area contributed by atoms with Gasteiger partial charge >= 0.3 is 0 Å². The maximum absolute atomic E-state index is 4.21. The minimum Gasteiger partial charge on any atom is -0.356 e. The molecule has 0 atom stereocenters. The van der Waals surface area contributed by atoms with Gasteiger partial charge in [0.15, 0.2) is 5.17 Å². The lowest BCUT2D eigenvalue weighted by Crippen LogP contribution is -2.16. The fraction of sp³-hybridized carbons (Fsp3) is 0.500. The van der Waals surface area contributed by atoms with E-state index in [2.05, 4.69) is 11.7 Å². The molecule has 0 aromatic heterocycles. The summed E-state index contributed by atoms with van der Waals surface area (Å²) < 4.78 is 0. The summed E-state index contributed by atoms with van der Waals surface area (Å²) in [5.41, 5.74) is 0. The maximum atomic E-state index is 4.21. The van der Waals surface area contributed by atoms with E-state index in [1.165, 1.54) is 0 Å². The molecule has 1 rings (SSSR count). The third-order valence-electron chi connectivity index (χ3n) is 1.19. The van der Waals surface area contributed by atoms with Gasteiger partial charge in [0, 0.05) is 21.1 Å². The molecule has 1 aliphatic heterocycles. The molecule has 0 bridgehead atoms. The number of rotatable bonds is 0. The van der Waals surface area contributed by atoms with Crippen LogP contribution in [0.2, 0.25) is 0 Å². The molecular formula is C6H11N3S. The van der Waals surface area contributed by atoms with Crippen molar-refractivity contribution in [3.63, 3.8) is 0 Å². The Bertz CT molecular complexity index is 185. The molecule has 0 saturated heterocycles. The molecule has 0 aliphatic carbocycles. The number of nitrogens with zero attached hydrogens (tertiary/aromatic N) is 3. The van der Waals surface area contributed by atoms with Crippen LogP contribution >= 0.6 is 11.8 Å². The minimum atomic E-state index is 0.976. The van der Waals surface area contributed by atoms with Gasteiger partial charge in [-0.3, -0.25) is 5.01 Å². The van der Waals surface area contributed by atoms with Crippen LogP contribution in [-0.2, 0) is 0 Å². The molecule has 0 fully saturated rings. The highest BCUT2D eigenvalue weighted by Gasteiger charge is 2.16. The first-order valence-corrected chi connectivity index (χ1v) is 3.79. The second-order valence-corrected chi connectivity index (χ2v) is 3.34. The third kappa shape index (κ3) is 1.26. The summed E-state index contributed by atoms with van der Waals surface area (Å²) in [6.07, 6.45) is 0. The number of hydrogen-bond donors (Lipinski definition) is 0. The molecule has 0 radical (unpaired) electrons. The Morgan fingerprint density at radius 2 is 2.20 bits per heavy atom. The van der Waals surface area contributed by atoms with E-state index >= 15 is 0 Å². The van der Waals surface area contributed by atoms with Crippen molar-refractivity contribution in [1.82, 2.24) is 9.91 Å². The average Bonchev–Trinajstić information content (AvgIpc) is 2.13. The molecule has 0 unspecified atom stereocenters. The van der Waals surface area contributed by atoms with Crippen molar-refractivity contribution in [2.75, 3.05) is 21.1 Å². The van der Waals surface area contributed by atoms with Crippen molar-refractivity contribution in [3.05, 3.63) is 11.6 Å². The Morgan fingerprint density at radius 1 is 1.60 bits per heavy atom. The Balaban J connectivity index is 2.67. The van der Waals surface area contributed by atoms with Crippen molar-refractivity contribution >= 4 is 16.9 Å². The van der Waals surface area contributed by atoms with Crippen molar-refractivity contribution in [2.24, 2.45) is 5.10 Å². The van der Waals surface area contributed by atoms with Crippen LogP contribution in [0, 0.1) is 0 Å². The standard InChI is InChI=1S/C6H11N3S/c1-5-9(4)7-6(10-5)8(2)3/h1H2,2-4H3. The van der Waals surface area contributed by atoms with E-state index in [0.29, 0.717) is 0 Å². The molecule has 0 aromatic carbocycles. The molecule has 10 heavy (non-hydrogen) atoms. The van der Waals surface area contributed by atoms with E-state index in [0.717, 1.165) is 10.2 Å². The van der Waals surface area contributed by atoms with Gasteiger partial charge in [0.2, 0.25) is 0 Å². The van der Waals surface area contributed by atoms with Crippen molar-refractivity contribution < 1.29 is 0 Å². The van der Waals surface area contributed by atoms with Gasteiger partial charge < -0.3 is 4.90 Å². The normalized spacial score (nSPS) is 17.7. The zero-order valence-electron chi connectivity index (χ0n) is 6.46. The van der Waals surface area contributed by atoms with Gasteiger partial charge in [0.05, 0.1) is 5.03 Å². The van der Waals surface area contributed by atoms with Crippen LogP contribution in [0.1, 0.15) is 0 Å². The molecule has 1 aliphatic rings. The van der Waals surface area contributed by atoms with Crippen LogP contribution in [0.3, 0.4) is 0 Å². The summed E-state index contributed by atoms with van der Waals surface area (Å²) in [5.74, 6) is 0. The predicted octanol–water partition coefficient (Wildman–Crippen LogP) is 0.969. The van der Waals surface area contributed by atoms with Crippen molar-refractivity contribution in [1.29, 1.82) is 0 Å². The number of thioether (sulfide) groups is 1. The summed E-state index contributed by atoms with van der Waals surface area (Å²) in [7, 11) is 5.84. The fourth-order valence-corrected chi connectivity index (χ4v) is 1.29. The van der Waals surface area contributed by atoms with Gasteiger partial charge in [-0.05, 0) is 11.8 Å². The predicted molar refractivity (Wildman–Crippen MR) is 45.6 cm³/mol. The largest absolute Gasteiger partial charge is 0.356 e. The molecule has 56 valence electrons. The molecule has 1 heterocycles. The zero-order chi connectivity index (χ0) is 7.72. The molecule has 0 spiro atoms. The van der Waals surface area contributed by atoms with E-state index in [1.807, 2.05) is 26.0 Å². The average molecular weight is 157 g/mol. The van der Waals surface area contributed by atoms with Gasteiger partial charge in [-0.25, -0.2) is 0 Å². The fourth-order valence-electron chi connectivity index (χ4n) is 0.557. The topological polar surface area (TPSA) is 18.8 Å². The Labute approximate surface area is 65.4 Å². The lowest BCUT2D eigenvalue weighted by atomic mass is 10.9. The summed E-state index contributed by atoms with van der Waals surface area (Å²) in [6, 6.07) is 0. The first-order chi connectivity index (χ1) is 4.61. The minimum absolute atomic E-state index is 0.976. The first-order valence-electron chi connectivity index (χ1n) is 2.97. The van der Waals surface area contributed by atoms with Crippen molar-refractivity contribution in [3.8, 4) is 0 Å². The number of hydrazone groups is 1. The molecular weight excluding hydrogens is 146 g/mol. The highest BCUT2D eigenvalue weighted by atomic mass is 32.2. The molecule has 3 nitrogen and oxygen atoms in total. The lowest BCUT2D eigenvalue weighted by Gasteiger charge is -2.07. The van der Waals surface area contributed by atoms with Crippen LogP contribution in [0.4, 0.5) is 0 Å². The van der Waals surface area contributed by atoms with Gasteiger partial charge in [-0.15, -0.1) is 5.10 Å². The Kier molecular flexibility index (Phi) is 1.89. The van der Waals surface area contributed by atoms with Crippen LogP contribution in [-0.4, -0.2) is 36.2 Å². The Hall–Kier alpha value is -0.640. The van der Waals surface area contributed by atoms with E-state index in [-0.39, 0.29) is 0 Å². The summed E-state index contributed by atoms with van der Waals surface area (Å²) >= 11 is 1.59. The quantitative estimate of drug-likeness (QED) is 0.522. The molecule has 0 N–H and O–H groups in total. The van der Waals surface area contributed by atoms with Crippen LogP contribution < -0.4 is 0 Å². The van der Waals surface area contributed by atoms with Gasteiger partial charge in [-0.1, -0.05) is 6.58 Å². The summed E-state index contributed by atoms with van der Waals surface area (Å²) in [6.45, 7) is 3.82. The van der Waals surface area contributed by atoms with E-state index in [1.54, 1.807) is 16.8 Å². The smallest absolute Gasteiger partial charge is 0.189 e. The van der Waals surface area contributed by atoms with E-state index in [9.17, 15) is 0 Å². The van der Waals surface area contributed by atoms with E-state index < -0.39 is 0 Å². The van der Waals surface area contributed by atoms with Crippen LogP contribution in [0.25, 0.3) is 0 Å². The highest BCUT2D eigenvalue weighted by Crippen LogP contribution is 2.26. The third-order valence-corrected chi connectivity index (χ3v) is 2.32. The summed E-state index contributed by atoms with van der Waals surface area (Å²) in [5, 5.41) is 7.95. The second kappa shape index (κ2) is 2.54. The van der Waals surface area contributed by atoms with Crippen molar-refractivity contribution in [2.45, 2.75) is 0 Å². The SMILES string of the molecule is C=C1SC(N(C)C)=NN1C. The van der Waals surface area contributed by atoms with E-state index in [4.69, 9.17) is 0 Å². The van der Waals surface area contributed by atoms with Gasteiger partial charge in [-0.2, -0.15) is 0 Å².